The Morgan fingerprint density at radius 2 is 1.06 bits per heavy atom. The van der Waals surface area contributed by atoms with E-state index in [0.29, 0.717) is 0 Å². The Morgan fingerprint density at radius 3 is 1.81 bits per heavy atom. The quantitative estimate of drug-likeness (QED) is 0.166. The summed E-state index contributed by atoms with van der Waals surface area (Å²) in [5, 5.41) is 5.00. The topological polar surface area (TPSA) is 26.9 Å². The SMILES string of the molecule is CC1(c2cc(-c3ccccc3)cc(-c3cccc(-n4c5ccccc5c5cc(-n6c(=O)c7ccccc7c7ccccc76)ccc54)c3)c2)C=CC=CC1. The van der Waals surface area contributed by atoms with E-state index in [-0.39, 0.29) is 11.0 Å². The Morgan fingerprint density at radius 1 is 0.453 bits per heavy atom. The molecular formula is C50H36N2O. The van der Waals surface area contributed by atoms with Crippen LogP contribution in [0.25, 0.3) is 77.1 Å². The predicted octanol–water partition coefficient (Wildman–Crippen LogP) is 12.3. The number of nitrogens with zero attached hydrogens (tertiary/aromatic N) is 2. The van der Waals surface area contributed by atoms with Gasteiger partial charge in [0.05, 0.1) is 22.2 Å². The van der Waals surface area contributed by atoms with Crippen LogP contribution in [0, 0.1) is 0 Å². The van der Waals surface area contributed by atoms with Crippen LogP contribution in [0.15, 0.2) is 193 Å². The molecule has 0 saturated carbocycles. The fourth-order valence-electron chi connectivity index (χ4n) is 8.35. The van der Waals surface area contributed by atoms with Crippen molar-refractivity contribution in [1.82, 2.24) is 9.13 Å². The molecule has 0 fully saturated rings. The normalized spacial score (nSPS) is 15.6. The first-order valence-electron chi connectivity index (χ1n) is 18.3. The number of hydrogen-bond donors (Lipinski definition) is 0. The molecule has 0 amide bonds. The van der Waals surface area contributed by atoms with Crippen molar-refractivity contribution in [2.24, 2.45) is 0 Å². The molecule has 3 heteroatoms. The van der Waals surface area contributed by atoms with Gasteiger partial charge in [-0.3, -0.25) is 9.36 Å². The van der Waals surface area contributed by atoms with Gasteiger partial charge < -0.3 is 4.57 Å². The number of rotatable bonds is 5. The number of fused-ring (bicyclic) bond motifs is 6. The van der Waals surface area contributed by atoms with Crippen LogP contribution in [0.3, 0.4) is 0 Å². The molecule has 53 heavy (non-hydrogen) atoms. The van der Waals surface area contributed by atoms with E-state index >= 15 is 0 Å². The first-order chi connectivity index (χ1) is 26.1. The number of benzene rings is 7. The Balaban J connectivity index is 1.16. The highest BCUT2D eigenvalue weighted by Gasteiger charge is 2.25. The fraction of sp³-hybridized carbons (Fsp3) is 0.0600. The summed E-state index contributed by atoms with van der Waals surface area (Å²) in [4.78, 5) is 14.2. The molecule has 0 N–H and O–H groups in total. The molecule has 0 aliphatic heterocycles. The van der Waals surface area contributed by atoms with Crippen molar-refractivity contribution in [3.8, 4) is 33.6 Å². The van der Waals surface area contributed by atoms with Gasteiger partial charge in [-0.2, -0.15) is 0 Å². The molecule has 2 aromatic heterocycles. The van der Waals surface area contributed by atoms with Gasteiger partial charge in [0.15, 0.2) is 0 Å². The molecule has 3 nitrogen and oxygen atoms in total. The molecule has 10 rings (SSSR count). The Kier molecular flexibility index (Phi) is 7.16. The predicted molar refractivity (Wildman–Crippen MR) is 223 cm³/mol. The summed E-state index contributed by atoms with van der Waals surface area (Å²) >= 11 is 0. The Hall–Kier alpha value is -6.71. The maximum atomic E-state index is 14.2. The monoisotopic (exact) mass is 680 g/mol. The standard InChI is InChI=1S/C50H36N2O/c1-50(27-12-3-13-28-50)38-30-36(34-15-4-2-5-16-34)29-37(31-38)35-17-14-18-39(32-35)51-46-23-10-9-21-43(46)45-33-40(25-26-48(45)51)52-47-24-11-8-20-42(47)41-19-6-7-22-44(41)49(52)53/h2-27,29-33H,28H2,1H3. The molecule has 1 aliphatic rings. The van der Waals surface area contributed by atoms with Gasteiger partial charge in [-0.05, 0) is 94.2 Å². The van der Waals surface area contributed by atoms with Gasteiger partial charge >= 0.3 is 0 Å². The molecule has 1 atom stereocenters. The Bertz CT molecular complexity index is 3020. The van der Waals surface area contributed by atoms with E-state index in [9.17, 15) is 4.79 Å². The third kappa shape index (κ3) is 5.08. The maximum absolute atomic E-state index is 14.2. The lowest BCUT2D eigenvalue weighted by atomic mass is 9.75. The summed E-state index contributed by atoms with van der Waals surface area (Å²) in [6, 6.07) is 57.8. The van der Waals surface area contributed by atoms with Crippen LogP contribution in [0.2, 0.25) is 0 Å². The lowest BCUT2D eigenvalue weighted by molar-refractivity contribution is 0.600. The van der Waals surface area contributed by atoms with Crippen molar-refractivity contribution in [2.45, 2.75) is 18.8 Å². The highest BCUT2D eigenvalue weighted by molar-refractivity contribution is 6.11. The molecule has 1 unspecified atom stereocenters. The van der Waals surface area contributed by atoms with E-state index < -0.39 is 0 Å². The summed E-state index contributed by atoms with van der Waals surface area (Å²) < 4.78 is 4.23. The summed E-state index contributed by atoms with van der Waals surface area (Å²) in [5.41, 5.74) is 11.0. The van der Waals surface area contributed by atoms with Crippen LogP contribution in [-0.4, -0.2) is 9.13 Å². The van der Waals surface area contributed by atoms with Crippen LogP contribution >= 0.6 is 0 Å². The molecule has 2 heterocycles. The molecule has 0 spiro atoms. The van der Waals surface area contributed by atoms with Crippen LogP contribution in [0.5, 0.6) is 0 Å². The highest BCUT2D eigenvalue weighted by atomic mass is 16.1. The summed E-state index contributed by atoms with van der Waals surface area (Å²) in [6.07, 6.45) is 9.88. The zero-order chi connectivity index (χ0) is 35.5. The Labute approximate surface area is 308 Å². The zero-order valence-corrected chi connectivity index (χ0v) is 29.4. The average molecular weight is 681 g/mol. The second kappa shape index (κ2) is 12.2. The lowest BCUT2D eigenvalue weighted by Gasteiger charge is -2.28. The van der Waals surface area contributed by atoms with Gasteiger partial charge in [-0.25, -0.2) is 0 Å². The molecule has 9 aromatic rings. The summed E-state index contributed by atoms with van der Waals surface area (Å²) in [6.45, 7) is 2.33. The van der Waals surface area contributed by atoms with Crippen LogP contribution in [-0.2, 0) is 5.41 Å². The van der Waals surface area contributed by atoms with Gasteiger partial charge in [0, 0.05) is 32.6 Å². The van der Waals surface area contributed by atoms with Crippen LogP contribution < -0.4 is 5.56 Å². The van der Waals surface area contributed by atoms with Gasteiger partial charge in [0.2, 0.25) is 0 Å². The number of allylic oxidation sites excluding steroid dienone is 4. The minimum atomic E-state index is -0.0885. The highest BCUT2D eigenvalue weighted by Crippen LogP contribution is 2.39. The van der Waals surface area contributed by atoms with E-state index in [1.807, 2.05) is 47.0 Å². The number of hydrogen-bond acceptors (Lipinski definition) is 1. The van der Waals surface area contributed by atoms with E-state index in [2.05, 4.69) is 157 Å². The van der Waals surface area contributed by atoms with Crippen LogP contribution in [0.4, 0.5) is 0 Å². The number of aromatic nitrogens is 2. The summed E-state index contributed by atoms with van der Waals surface area (Å²) in [7, 11) is 0. The lowest BCUT2D eigenvalue weighted by Crippen LogP contribution is -2.19. The smallest absolute Gasteiger partial charge is 0.263 e. The van der Waals surface area contributed by atoms with Crippen molar-refractivity contribution in [3.05, 3.63) is 204 Å². The van der Waals surface area contributed by atoms with Gasteiger partial charge in [-0.15, -0.1) is 0 Å². The fourth-order valence-corrected chi connectivity index (χ4v) is 8.35. The second-order valence-corrected chi connectivity index (χ2v) is 14.4. The molecule has 0 radical (unpaired) electrons. The average Bonchev–Trinajstić information content (AvgIpc) is 3.55. The van der Waals surface area contributed by atoms with Gasteiger partial charge in [0.25, 0.3) is 5.56 Å². The third-order valence-electron chi connectivity index (χ3n) is 11.1. The van der Waals surface area contributed by atoms with Crippen molar-refractivity contribution >= 4 is 43.5 Å². The largest absolute Gasteiger partial charge is 0.309 e. The zero-order valence-electron chi connectivity index (χ0n) is 29.4. The molecular weight excluding hydrogens is 645 g/mol. The molecule has 7 aromatic carbocycles. The van der Waals surface area contributed by atoms with Crippen molar-refractivity contribution in [2.75, 3.05) is 0 Å². The maximum Gasteiger partial charge on any atom is 0.263 e. The first kappa shape index (κ1) is 31.1. The molecule has 0 saturated heterocycles. The minimum absolute atomic E-state index is 0.0132. The second-order valence-electron chi connectivity index (χ2n) is 14.4. The molecule has 252 valence electrons. The minimum Gasteiger partial charge on any atom is -0.309 e. The summed E-state index contributed by atoms with van der Waals surface area (Å²) in [5.74, 6) is 0. The van der Waals surface area contributed by atoms with Crippen LogP contribution in [0.1, 0.15) is 18.9 Å². The van der Waals surface area contributed by atoms with E-state index in [1.54, 1.807) is 0 Å². The van der Waals surface area contributed by atoms with E-state index in [1.165, 1.54) is 22.3 Å². The number of para-hydroxylation sites is 2. The molecule has 1 aliphatic carbocycles. The van der Waals surface area contributed by atoms with Crippen molar-refractivity contribution in [1.29, 1.82) is 0 Å². The number of pyridine rings is 1. The third-order valence-corrected chi connectivity index (χ3v) is 11.1. The van der Waals surface area contributed by atoms with Gasteiger partial charge in [0.1, 0.15) is 0 Å². The van der Waals surface area contributed by atoms with Crippen molar-refractivity contribution < 1.29 is 0 Å². The van der Waals surface area contributed by atoms with Gasteiger partial charge in [-0.1, -0.05) is 140 Å². The van der Waals surface area contributed by atoms with E-state index in [4.69, 9.17) is 0 Å². The van der Waals surface area contributed by atoms with E-state index in [0.717, 1.165) is 66.8 Å². The molecule has 0 bridgehead atoms. The first-order valence-corrected chi connectivity index (χ1v) is 18.3. The van der Waals surface area contributed by atoms with Crippen molar-refractivity contribution in [3.63, 3.8) is 0 Å².